The molecule has 90 valence electrons. The van der Waals surface area contributed by atoms with Crippen LogP contribution in [0, 0.1) is 5.82 Å². The van der Waals surface area contributed by atoms with Crippen LogP contribution in [-0.2, 0) is 5.88 Å². The molecule has 1 aromatic carbocycles. The number of aromatic nitrogens is 1. The van der Waals surface area contributed by atoms with Crippen molar-refractivity contribution in [2.24, 2.45) is 0 Å². The Morgan fingerprint density at radius 2 is 2.12 bits per heavy atom. The van der Waals surface area contributed by atoms with Gasteiger partial charge < -0.3 is 4.74 Å². The van der Waals surface area contributed by atoms with Gasteiger partial charge in [0.25, 0.3) is 5.19 Å². The van der Waals surface area contributed by atoms with E-state index in [0.717, 1.165) is 6.07 Å². The molecule has 0 spiro atoms. The summed E-state index contributed by atoms with van der Waals surface area (Å²) in [5.74, 6) is 0.150. The molecule has 1 heterocycles. The highest BCUT2D eigenvalue weighted by Crippen LogP contribution is 2.35. The molecule has 0 atom stereocenters. The van der Waals surface area contributed by atoms with Gasteiger partial charge in [-0.2, -0.15) is 4.98 Å². The molecule has 0 fully saturated rings. The van der Waals surface area contributed by atoms with E-state index in [1.165, 1.54) is 23.5 Å². The third-order valence-electron chi connectivity index (χ3n) is 1.84. The van der Waals surface area contributed by atoms with Gasteiger partial charge in [-0.15, -0.1) is 11.6 Å². The number of alkyl halides is 1. The number of hydrogen-bond donors (Lipinski definition) is 0. The fraction of sp³-hybridized carbons (Fsp3) is 0.100. The second kappa shape index (κ2) is 5.40. The molecule has 0 unspecified atom stereocenters. The molecule has 0 bridgehead atoms. The SMILES string of the molecule is Fc1ccc(Oc2nc(Cl)c(CCl)s2)c(Cl)c1. The summed E-state index contributed by atoms with van der Waals surface area (Å²) in [5.41, 5.74) is 0. The molecule has 0 aliphatic heterocycles. The third-order valence-corrected chi connectivity index (χ3v) is 3.92. The van der Waals surface area contributed by atoms with Crippen LogP contribution in [-0.4, -0.2) is 4.98 Å². The maximum atomic E-state index is 12.8. The number of thiazole rings is 1. The van der Waals surface area contributed by atoms with Crippen molar-refractivity contribution in [2.75, 3.05) is 0 Å². The van der Waals surface area contributed by atoms with E-state index in [4.69, 9.17) is 39.5 Å². The van der Waals surface area contributed by atoms with Gasteiger partial charge in [0, 0.05) is 0 Å². The zero-order chi connectivity index (χ0) is 12.4. The molecule has 1 aromatic heterocycles. The van der Waals surface area contributed by atoms with Crippen LogP contribution in [0.4, 0.5) is 4.39 Å². The topological polar surface area (TPSA) is 22.1 Å². The van der Waals surface area contributed by atoms with Gasteiger partial charge in [-0.25, -0.2) is 4.39 Å². The van der Waals surface area contributed by atoms with Gasteiger partial charge in [0.05, 0.1) is 15.8 Å². The van der Waals surface area contributed by atoms with Gasteiger partial charge >= 0.3 is 0 Å². The Hall–Kier alpha value is -0.550. The van der Waals surface area contributed by atoms with Crippen molar-refractivity contribution in [3.05, 3.63) is 39.1 Å². The molecule has 7 heteroatoms. The van der Waals surface area contributed by atoms with Crippen molar-refractivity contribution in [3.63, 3.8) is 0 Å². The first kappa shape index (κ1) is 12.9. The summed E-state index contributed by atoms with van der Waals surface area (Å²) in [4.78, 5) is 4.67. The number of ether oxygens (including phenoxy) is 1. The second-order valence-electron chi connectivity index (χ2n) is 3.00. The van der Waals surface area contributed by atoms with E-state index in [-0.39, 0.29) is 10.9 Å². The highest BCUT2D eigenvalue weighted by atomic mass is 35.5. The maximum Gasteiger partial charge on any atom is 0.280 e. The van der Waals surface area contributed by atoms with E-state index >= 15 is 0 Å². The number of halogens is 4. The summed E-state index contributed by atoms with van der Waals surface area (Å²) in [6, 6.07) is 3.83. The van der Waals surface area contributed by atoms with Gasteiger partial charge in [-0.1, -0.05) is 34.5 Å². The van der Waals surface area contributed by atoms with Crippen LogP contribution in [0.3, 0.4) is 0 Å². The molecule has 2 nitrogen and oxygen atoms in total. The summed E-state index contributed by atoms with van der Waals surface area (Å²) in [5, 5.41) is 0.793. The number of nitrogens with zero attached hydrogens (tertiary/aromatic N) is 1. The minimum Gasteiger partial charge on any atom is -0.429 e. The Morgan fingerprint density at radius 3 is 2.71 bits per heavy atom. The van der Waals surface area contributed by atoms with Crippen LogP contribution in [0.25, 0.3) is 0 Å². The lowest BCUT2D eigenvalue weighted by atomic mass is 10.3. The molecule has 0 radical (unpaired) electrons. The number of hydrogen-bond acceptors (Lipinski definition) is 3. The maximum absolute atomic E-state index is 12.8. The number of benzene rings is 1. The fourth-order valence-corrected chi connectivity index (χ4v) is 2.63. The van der Waals surface area contributed by atoms with Gasteiger partial charge in [0.2, 0.25) is 0 Å². The molecular weight excluding hydrogens is 308 g/mol. The van der Waals surface area contributed by atoms with E-state index in [9.17, 15) is 4.39 Å². The zero-order valence-electron chi connectivity index (χ0n) is 8.21. The number of rotatable bonds is 3. The van der Waals surface area contributed by atoms with Crippen LogP contribution in [0.1, 0.15) is 4.88 Å². The highest BCUT2D eigenvalue weighted by molar-refractivity contribution is 7.14. The Morgan fingerprint density at radius 1 is 1.35 bits per heavy atom. The molecule has 0 saturated heterocycles. The van der Waals surface area contributed by atoms with Crippen molar-refractivity contribution in [3.8, 4) is 10.9 Å². The van der Waals surface area contributed by atoms with Gasteiger partial charge in [0.1, 0.15) is 16.7 Å². The Labute approximate surface area is 116 Å². The van der Waals surface area contributed by atoms with Crippen LogP contribution in [0.2, 0.25) is 10.2 Å². The Balaban J connectivity index is 2.25. The van der Waals surface area contributed by atoms with Crippen LogP contribution < -0.4 is 4.74 Å². The van der Waals surface area contributed by atoms with Crippen molar-refractivity contribution in [2.45, 2.75) is 5.88 Å². The summed E-state index contributed by atoms with van der Waals surface area (Å²) in [7, 11) is 0. The van der Waals surface area contributed by atoms with E-state index in [1.807, 2.05) is 0 Å². The molecule has 2 aromatic rings. The van der Waals surface area contributed by atoms with Gasteiger partial charge in [0.15, 0.2) is 0 Å². The predicted octanol–water partition coefficient (Wildman–Crippen LogP) is 5.12. The van der Waals surface area contributed by atoms with Crippen molar-refractivity contribution < 1.29 is 9.13 Å². The van der Waals surface area contributed by atoms with E-state index in [0.29, 0.717) is 21.0 Å². The fourth-order valence-electron chi connectivity index (χ4n) is 1.09. The Bertz CT molecular complexity index is 546. The summed E-state index contributed by atoms with van der Waals surface area (Å²) in [6.07, 6.45) is 0. The van der Waals surface area contributed by atoms with Crippen LogP contribution in [0.5, 0.6) is 10.9 Å². The normalized spacial score (nSPS) is 10.6. The largest absolute Gasteiger partial charge is 0.429 e. The first-order valence-corrected chi connectivity index (χ1v) is 6.55. The average molecular weight is 313 g/mol. The molecule has 17 heavy (non-hydrogen) atoms. The molecule has 0 aliphatic rings. The second-order valence-corrected chi connectivity index (χ2v) is 5.08. The summed E-state index contributed by atoms with van der Waals surface area (Å²) >= 11 is 18.5. The quantitative estimate of drug-likeness (QED) is 0.734. The molecule has 0 amide bonds. The molecule has 0 aliphatic carbocycles. The third kappa shape index (κ3) is 3.01. The smallest absolute Gasteiger partial charge is 0.280 e. The van der Waals surface area contributed by atoms with E-state index in [1.54, 1.807) is 0 Å². The lowest BCUT2D eigenvalue weighted by Crippen LogP contribution is -1.85. The Kier molecular flexibility index (Phi) is 4.09. The predicted molar refractivity (Wildman–Crippen MR) is 68.2 cm³/mol. The first-order chi connectivity index (χ1) is 8.10. The van der Waals surface area contributed by atoms with Crippen molar-refractivity contribution in [1.29, 1.82) is 0 Å². The van der Waals surface area contributed by atoms with Gasteiger partial charge in [-0.05, 0) is 18.2 Å². The standard InChI is InChI=1S/C10H5Cl3FNOS/c11-4-8-9(13)15-10(17-8)16-7-2-1-5(14)3-6(7)12/h1-3H,4H2. The average Bonchev–Trinajstić information content (AvgIpc) is 2.63. The van der Waals surface area contributed by atoms with E-state index < -0.39 is 5.82 Å². The molecule has 0 N–H and O–H groups in total. The molecule has 0 saturated carbocycles. The molecular formula is C10H5Cl3FNOS. The van der Waals surface area contributed by atoms with Crippen LogP contribution in [0.15, 0.2) is 18.2 Å². The van der Waals surface area contributed by atoms with Crippen molar-refractivity contribution in [1.82, 2.24) is 4.98 Å². The highest BCUT2D eigenvalue weighted by Gasteiger charge is 2.12. The zero-order valence-corrected chi connectivity index (χ0v) is 11.3. The summed E-state index contributed by atoms with van der Waals surface area (Å²) in [6.45, 7) is 0. The van der Waals surface area contributed by atoms with E-state index in [2.05, 4.69) is 4.98 Å². The van der Waals surface area contributed by atoms with Gasteiger partial charge in [-0.3, -0.25) is 0 Å². The minimum atomic E-state index is -0.430. The first-order valence-electron chi connectivity index (χ1n) is 4.44. The van der Waals surface area contributed by atoms with Crippen LogP contribution >= 0.6 is 46.1 Å². The monoisotopic (exact) mass is 311 g/mol. The molecule has 2 rings (SSSR count). The lowest BCUT2D eigenvalue weighted by molar-refractivity contribution is 0.477. The van der Waals surface area contributed by atoms with Crippen molar-refractivity contribution >= 4 is 46.1 Å². The lowest BCUT2D eigenvalue weighted by Gasteiger charge is -2.03. The summed E-state index contributed by atoms with van der Waals surface area (Å²) < 4.78 is 18.2. The minimum absolute atomic E-state index is 0.170.